The maximum Gasteiger partial charge on any atom is 0.0575 e. The van der Waals surface area contributed by atoms with Crippen LogP contribution in [0, 0.1) is 0 Å². The third-order valence-electron chi connectivity index (χ3n) is 1.57. The summed E-state index contributed by atoms with van der Waals surface area (Å²) in [4.78, 5) is 5.03. The minimum atomic E-state index is 0.236. The molecule has 62 valence electrons. The Morgan fingerprint density at radius 2 is 2.10 bits per heavy atom. The molecule has 1 unspecified atom stereocenters. The van der Waals surface area contributed by atoms with E-state index in [0.717, 1.165) is 19.5 Å². The van der Waals surface area contributed by atoms with Gasteiger partial charge in [-0.2, -0.15) is 5.06 Å². The molecule has 0 saturated heterocycles. The van der Waals surface area contributed by atoms with E-state index in [2.05, 4.69) is 6.92 Å². The first kappa shape index (κ1) is 9.88. The second kappa shape index (κ2) is 5.65. The monoisotopic (exact) mass is 146 g/mol. The molecule has 10 heavy (non-hydrogen) atoms. The van der Waals surface area contributed by atoms with Gasteiger partial charge in [-0.3, -0.25) is 0 Å². The van der Waals surface area contributed by atoms with Crippen molar-refractivity contribution < 1.29 is 4.84 Å². The van der Waals surface area contributed by atoms with Crippen LogP contribution >= 0.6 is 0 Å². The molecule has 0 aromatic rings. The standard InChI is InChI=1S/C7H18N2O/c1-4-7(8)6-9(5-2)10-3/h7H,4-6,8H2,1-3H3. The van der Waals surface area contributed by atoms with Gasteiger partial charge in [0, 0.05) is 19.1 Å². The van der Waals surface area contributed by atoms with Gasteiger partial charge >= 0.3 is 0 Å². The summed E-state index contributed by atoms with van der Waals surface area (Å²) in [6, 6.07) is 0.236. The molecule has 0 aromatic carbocycles. The maximum atomic E-state index is 5.70. The Bertz CT molecular complexity index is 74.0. The molecule has 0 aromatic heterocycles. The predicted molar refractivity (Wildman–Crippen MR) is 42.5 cm³/mol. The fourth-order valence-electron chi connectivity index (χ4n) is 0.723. The molecule has 1 atom stereocenters. The normalized spacial score (nSPS) is 14.1. The summed E-state index contributed by atoms with van der Waals surface area (Å²) >= 11 is 0. The fraction of sp³-hybridized carbons (Fsp3) is 1.00. The van der Waals surface area contributed by atoms with Crippen molar-refractivity contribution >= 4 is 0 Å². The summed E-state index contributed by atoms with van der Waals surface area (Å²) < 4.78 is 0. The zero-order valence-corrected chi connectivity index (χ0v) is 7.13. The molecule has 0 aliphatic rings. The lowest BCUT2D eigenvalue weighted by molar-refractivity contribution is -0.130. The van der Waals surface area contributed by atoms with E-state index in [-0.39, 0.29) is 6.04 Å². The Morgan fingerprint density at radius 1 is 1.50 bits per heavy atom. The molecule has 0 saturated carbocycles. The molecule has 0 amide bonds. The molecule has 0 aliphatic heterocycles. The molecular formula is C7H18N2O. The van der Waals surface area contributed by atoms with E-state index in [4.69, 9.17) is 10.6 Å². The van der Waals surface area contributed by atoms with Crippen LogP contribution in [0.3, 0.4) is 0 Å². The van der Waals surface area contributed by atoms with Crippen LogP contribution in [0.25, 0.3) is 0 Å². The van der Waals surface area contributed by atoms with Crippen molar-refractivity contribution in [1.29, 1.82) is 0 Å². The average molecular weight is 146 g/mol. The Balaban J connectivity index is 3.41. The van der Waals surface area contributed by atoms with Gasteiger partial charge in [0.05, 0.1) is 7.11 Å². The number of hydrogen-bond acceptors (Lipinski definition) is 3. The largest absolute Gasteiger partial charge is 0.326 e. The lowest BCUT2D eigenvalue weighted by atomic mass is 10.2. The molecule has 0 fully saturated rings. The molecule has 2 N–H and O–H groups in total. The van der Waals surface area contributed by atoms with Crippen molar-refractivity contribution in [3.63, 3.8) is 0 Å². The summed E-state index contributed by atoms with van der Waals surface area (Å²) in [7, 11) is 1.67. The van der Waals surface area contributed by atoms with Gasteiger partial charge in [0.1, 0.15) is 0 Å². The molecule has 0 aliphatic carbocycles. The second-order valence-electron chi connectivity index (χ2n) is 2.33. The molecule has 0 radical (unpaired) electrons. The topological polar surface area (TPSA) is 38.5 Å². The highest BCUT2D eigenvalue weighted by atomic mass is 16.7. The predicted octanol–water partition coefficient (Wildman–Crippen LogP) is 0.607. The minimum absolute atomic E-state index is 0.236. The summed E-state index contributed by atoms with van der Waals surface area (Å²) in [5.41, 5.74) is 5.70. The lowest BCUT2D eigenvalue weighted by Crippen LogP contribution is -2.36. The van der Waals surface area contributed by atoms with E-state index >= 15 is 0 Å². The number of nitrogens with two attached hydrogens (primary N) is 1. The highest BCUT2D eigenvalue weighted by molar-refractivity contribution is 4.59. The third kappa shape index (κ3) is 3.82. The molecule has 0 rings (SSSR count). The quantitative estimate of drug-likeness (QED) is 0.577. The molecule has 3 heteroatoms. The van der Waals surface area contributed by atoms with E-state index < -0.39 is 0 Å². The summed E-state index contributed by atoms with van der Waals surface area (Å²) in [6.45, 7) is 5.84. The third-order valence-corrected chi connectivity index (χ3v) is 1.57. The van der Waals surface area contributed by atoms with Crippen LogP contribution in [-0.2, 0) is 4.84 Å². The Labute approximate surface area is 63.1 Å². The second-order valence-corrected chi connectivity index (χ2v) is 2.33. The van der Waals surface area contributed by atoms with Gasteiger partial charge in [-0.1, -0.05) is 13.8 Å². The van der Waals surface area contributed by atoms with Gasteiger partial charge in [-0.25, -0.2) is 0 Å². The van der Waals surface area contributed by atoms with Gasteiger partial charge in [0.15, 0.2) is 0 Å². The van der Waals surface area contributed by atoms with Crippen molar-refractivity contribution in [2.24, 2.45) is 5.73 Å². The number of nitrogens with zero attached hydrogens (tertiary/aromatic N) is 1. The summed E-state index contributed by atoms with van der Waals surface area (Å²) in [5.74, 6) is 0. The lowest BCUT2D eigenvalue weighted by Gasteiger charge is -2.20. The van der Waals surface area contributed by atoms with Gasteiger partial charge in [-0.05, 0) is 6.42 Å². The van der Waals surface area contributed by atoms with Crippen LogP contribution in [0.15, 0.2) is 0 Å². The highest BCUT2D eigenvalue weighted by Crippen LogP contribution is 1.92. The molecule has 3 nitrogen and oxygen atoms in total. The van der Waals surface area contributed by atoms with Gasteiger partial charge < -0.3 is 10.6 Å². The average Bonchev–Trinajstić information content (AvgIpc) is 1.99. The Hall–Kier alpha value is -0.120. The fourth-order valence-corrected chi connectivity index (χ4v) is 0.723. The van der Waals surface area contributed by atoms with Crippen molar-refractivity contribution in [2.75, 3.05) is 20.2 Å². The SMILES string of the molecule is CCC(N)CN(CC)OC. The Kier molecular flexibility index (Phi) is 5.58. The zero-order valence-electron chi connectivity index (χ0n) is 7.13. The van der Waals surface area contributed by atoms with Gasteiger partial charge in [0.2, 0.25) is 0 Å². The van der Waals surface area contributed by atoms with E-state index in [1.165, 1.54) is 0 Å². The van der Waals surface area contributed by atoms with Crippen molar-refractivity contribution in [1.82, 2.24) is 5.06 Å². The number of hydrogen-bond donors (Lipinski definition) is 1. The maximum absolute atomic E-state index is 5.70. The summed E-state index contributed by atoms with van der Waals surface area (Å²) in [6.07, 6.45) is 1.000. The molecule has 0 bridgehead atoms. The zero-order chi connectivity index (χ0) is 7.98. The van der Waals surface area contributed by atoms with E-state index in [1.807, 2.05) is 12.0 Å². The van der Waals surface area contributed by atoms with E-state index in [9.17, 15) is 0 Å². The summed E-state index contributed by atoms with van der Waals surface area (Å²) in [5, 5.41) is 1.86. The first-order valence-electron chi connectivity index (χ1n) is 3.79. The van der Waals surface area contributed by atoms with Crippen LogP contribution in [0.4, 0.5) is 0 Å². The highest BCUT2D eigenvalue weighted by Gasteiger charge is 2.04. The first-order valence-corrected chi connectivity index (χ1v) is 3.79. The first-order chi connectivity index (χ1) is 4.74. The van der Waals surface area contributed by atoms with Crippen molar-refractivity contribution in [3.8, 4) is 0 Å². The van der Waals surface area contributed by atoms with Crippen molar-refractivity contribution in [3.05, 3.63) is 0 Å². The van der Waals surface area contributed by atoms with Gasteiger partial charge in [-0.15, -0.1) is 0 Å². The molecule has 0 heterocycles. The van der Waals surface area contributed by atoms with Crippen molar-refractivity contribution in [2.45, 2.75) is 26.3 Å². The smallest absolute Gasteiger partial charge is 0.0575 e. The number of rotatable bonds is 5. The van der Waals surface area contributed by atoms with E-state index in [1.54, 1.807) is 7.11 Å². The van der Waals surface area contributed by atoms with Gasteiger partial charge in [0.25, 0.3) is 0 Å². The Morgan fingerprint density at radius 3 is 2.40 bits per heavy atom. The van der Waals surface area contributed by atoms with Crippen LogP contribution < -0.4 is 5.73 Å². The van der Waals surface area contributed by atoms with E-state index in [0.29, 0.717) is 0 Å². The van der Waals surface area contributed by atoms with Crippen LogP contribution in [0.5, 0.6) is 0 Å². The molecule has 0 spiro atoms. The van der Waals surface area contributed by atoms with Crippen LogP contribution in [0.1, 0.15) is 20.3 Å². The van der Waals surface area contributed by atoms with Crippen LogP contribution in [0.2, 0.25) is 0 Å². The van der Waals surface area contributed by atoms with Crippen LogP contribution in [-0.4, -0.2) is 31.3 Å². The number of likely N-dealkylation sites (N-methyl/N-ethyl adjacent to an activating group) is 1. The minimum Gasteiger partial charge on any atom is -0.326 e. The molecular weight excluding hydrogens is 128 g/mol. The number of hydroxylamine groups is 2.